The third kappa shape index (κ3) is 2.03. The molecule has 1 aliphatic rings. The molecule has 4 nitrogen and oxygen atoms in total. The normalized spacial score (nSPS) is 19.8. The highest BCUT2D eigenvalue weighted by atomic mass is 16.5. The first-order valence-electron chi connectivity index (χ1n) is 4.86. The van der Waals surface area contributed by atoms with Gasteiger partial charge in [-0.2, -0.15) is 0 Å². The van der Waals surface area contributed by atoms with Crippen molar-refractivity contribution in [3.05, 3.63) is 30.1 Å². The van der Waals surface area contributed by atoms with Gasteiger partial charge in [-0.3, -0.25) is 9.98 Å². The summed E-state index contributed by atoms with van der Waals surface area (Å²) < 4.78 is 4.66. The van der Waals surface area contributed by atoms with E-state index in [1.54, 1.807) is 12.4 Å². The molecule has 0 fully saturated rings. The van der Waals surface area contributed by atoms with E-state index in [0.717, 1.165) is 24.1 Å². The van der Waals surface area contributed by atoms with Crippen LogP contribution < -0.4 is 0 Å². The Hall–Kier alpha value is -1.71. The van der Waals surface area contributed by atoms with Crippen LogP contribution in [0.4, 0.5) is 0 Å². The molecule has 2 heterocycles. The Balaban J connectivity index is 2.17. The van der Waals surface area contributed by atoms with E-state index in [1.165, 1.54) is 7.11 Å². The summed E-state index contributed by atoms with van der Waals surface area (Å²) in [6, 6.07) is 3.49. The fourth-order valence-corrected chi connectivity index (χ4v) is 1.65. The van der Waals surface area contributed by atoms with Gasteiger partial charge in [0.15, 0.2) is 0 Å². The molecule has 0 aliphatic carbocycles. The molecule has 1 atom stereocenters. The summed E-state index contributed by atoms with van der Waals surface area (Å²) in [5, 5.41) is 0. The van der Waals surface area contributed by atoms with Crippen LogP contribution in [0.1, 0.15) is 18.4 Å². The van der Waals surface area contributed by atoms with Crippen LogP contribution in [0, 0.1) is 0 Å². The highest BCUT2D eigenvalue weighted by Gasteiger charge is 2.25. The van der Waals surface area contributed by atoms with E-state index in [9.17, 15) is 4.79 Å². The predicted molar refractivity (Wildman–Crippen MR) is 55.8 cm³/mol. The van der Waals surface area contributed by atoms with Crippen molar-refractivity contribution in [3.8, 4) is 0 Å². The molecule has 2 rings (SSSR count). The molecule has 0 saturated carbocycles. The van der Waals surface area contributed by atoms with Crippen LogP contribution >= 0.6 is 0 Å². The highest BCUT2D eigenvalue weighted by Crippen LogP contribution is 2.18. The maximum atomic E-state index is 11.2. The molecule has 0 saturated heterocycles. The topological polar surface area (TPSA) is 51.5 Å². The van der Waals surface area contributed by atoms with Crippen LogP contribution in [-0.4, -0.2) is 29.8 Å². The van der Waals surface area contributed by atoms with Gasteiger partial charge >= 0.3 is 5.97 Å². The van der Waals surface area contributed by atoms with Gasteiger partial charge in [-0.1, -0.05) is 6.07 Å². The molecule has 0 unspecified atom stereocenters. The number of carbonyl (C=O) groups is 1. The van der Waals surface area contributed by atoms with Crippen LogP contribution in [0.3, 0.4) is 0 Å². The van der Waals surface area contributed by atoms with Gasteiger partial charge < -0.3 is 4.74 Å². The molecule has 0 amide bonds. The van der Waals surface area contributed by atoms with Crippen molar-refractivity contribution in [2.24, 2.45) is 4.99 Å². The third-order valence-electron chi connectivity index (χ3n) is 2.43. The molecule has 1 aromatic heterocycles. The molecule has 4 heteroatoms. The van der Waals surface area contributed by atoms with Crippen LogP contribution in [0.15, 0.2) is 29.5 Å². The van der Waals surface area contributed by atoms with Crippen molar-refractivity contribution in [2.45, 2.75) is 18.9 Å². The second-order valence-corrected chi connectivity index (χ2v) is 3.40. The Morgan fingerprint density at radius 2 is 2.47 bits per heavy atom. The minimum atomic E-state index is -0.329. The van der Waals surface area contributed by atoms with Crippen molar-refractivity contribution in [2.75, 3.05) is 7.11 Å². The van der Waals surface area contributed by atoms with E-state index in [-0.39, 0.29) is 12.0 Å². The molecule has 0 spiro atoms. The number of hydrogen-bond acceptors (Lipinski definition) is 4. The molecule has 0 bridgehead atoms. The Kier molecular flexibility index (Phi) is 2.76. The van der Waals surface area contributed by atoms with Crippen molar-refractivity contribution in [3.63, 3.8) is 0 Å². The Morgan fingerprint density at radius 1 is 1.60 bits per heavy atom. The molecule has 1 aliphatic heterocycles. The second kappa shape index (κ2) is 4.21. The standard InChI is InChI=1S/C11H12N2O2/c1-15-11(14)10-5-4-9(13-10)8-3-2-6-12-7-8/h2-3,6-7,10H,4-5H2,1H3/t10-/m0/s1. The molecule has 78 valence electrons. The summed E-state index contributed by atoms with van der Waals surface area (Å²) in [4.78, 5) is 19.6. The van der Waals surface area contributed by atoms with E-state index in [2.05, 4.69) is 14.7 Å². The zero-order valence-corrected chi connectivity index (χ0v) is 8.51. The summed E-state index contributed by atoms with van der Waals surface area (Å²) >= 11 is 0. The maximum Gasteiger partial charge on any atom is 0.330 e. The lowest BCUT2D eigenvalue weighted by Crippen LogP contribution is -2.16. The number of aromatic nitrogens is 1. The number of esters is 1. The summed E-state index contributed by atoms with van der Waals surface area (Å²) in [6.45, 7) is 0. The number of methoxy groups -OCH3 is 1. The van der Waals surface area contributed by atoms with E-state index in [1.807, 2.05) is 12.1 Å². The molecule has 15 heavy (non-hydrogen) atoms. The lowest BCUT2D eigenvalue weighted by Gasteiger charge is -2.01. The first kappa shape index (κ1) is 9.83. The largest absolute Gasteiger partial charge is 0.467 e. The number of aliphatic imine (C=N–C) groups is 1. The highest BCUT2D eigenvalue weighted by molar-refractivity contribution is 6.03. The summed E-state index contributed by atoms with van der Waals surface area (Å²) in [5.41, 5.74) is 1.93. The first-order chi connectivity index (χ1) is 7.31. The average molecular weight is 204 g/mol. The number of rotatable bonds is 2. The fraction of sp³-hybridized carbons (Fsp3) is 0.364. The van der Waals surface area contributed by atoms with Gasteiger partial charge in [-0.15, -0.1) is 0 Å². The minimum absolute atomic E-state index is 0.256. The van der Waals surface area contributed by atoms with Crippen molar-refractivity contribution in [1.29, 1.82) is 0 Å². The van der Waals surface area contributed by atoms with Crippen LogP contribution in [0.25, 0.3) is 0 Å². The number of hydrogen-bond donors (Lipinski definition) is 0. The third-order valence-corrected chi connectivity index (χ3v) is 2.43. The Labute approximate surface area is 88.0 Å². The molecular weight excluding hydrogens is 192 g/mol. The number of nitrogens with zero attached hydrogens (tertiary/aromatic N) is 2. The van der Waals surface area contributed by atoms with Gasteiger partial charge in [-0.05, 0) is 18.9 Å². The zero-order chi connectivity index (χ0) is 10.7. The Morgan fingerprint density at radius 3 is 3.13 bits per heavy atom. The quantitative estimate of drug-likeness (QED) is 0.680. The van der Waals surface area contributed by atoms with Crippen LogP contribution in [0.5, 0.6) is 0 Å². The molecule has 0 aromatic carbocycles. The van der Waals surface area contributed by atoms with Crippen molar-refractivity contribution >= 4 is 11.7 Å². The summed E-state index contributed by atoms with van der Waals surface area (Å²) in [5.74, 6) is -0.256. The van der Waals surface area contributed by atoms with Crippen LogP contribution in [0.2, 0.25) is 0 Å². The average Bonchev–Trinajstić information content (AvgIpc) is 2.78. The van der Waals surface area contributed by atoms with E-state index in [4.69, 9.17) is 0 Å². The smallest absolute Gasteiger partial charge is 0.330 e. The lowest BCUT2D eigenvalue weighted by molar-refractivity contribution is -0.141. The van der Waals surface area contributed by atoms with Gasteiger partial charge in [0.1, 0.15) is 6.04 Å². The van der Waals surface area contributed by atoms with Crippen LogP contribution in [-0.2, 0) is 9.53 Å². The van der Waals surface area contributed by atoms with Crippen molar-refractivity contribution in [1.82, 2.24) is 4.98 Å². The van der Waals surface area contributed by atoms with Crippen molar-refractivity contribution < 1.29 is 9.53 Å². The molecule has 1 aromatic rings. The molecule has 0 radical (unpaired) electrons. The zero-order valence-electron chi connectivity index (χ0n) is 8.51. The van der Waals surface area contributed by atoms with E-state index >= 15 is 0 Å². The van der Waals surface area contributed by atoms with Gasteiger partial charge in [0, 0.05) is 23.7 Å². The van der Waals surface area contributed by atoms with Gasteiger partial charge in [-0.25, -0.2) is 4.79 Å². The summed E-state index contributed by atoms with van der Waals surface area (Å²) in [6.07, 6.45) is 5.03. The number of carbonyl (C=O) groups excluding carboxylic acids is 1. The van der Waals surface area contributed by atoms with Gasteiger partial charge in [0.05, 0.1) is 7.11 Å². The van der Waals surface area contributed by atoms with Gasteiger partial charge in [0.25, 0.3) is 0 Å². The molecular formula is C11H12N2O2. The number of ether oxygens (including phenoxy) is 1. The lowest BCUT2D eigenvalue weighted by atomic mass is 10.1. The first-order valence-corrected chi connectivity index (χ1v) is 4.86. The summed E-state index contributed by atoms with van der Waals surface area (Å²) in [7, 11) is 1.39. The maximum absolute atomic E-state index is 11.2. The van der Waals surface area contributed by atoms with E-state index < -0.39 is 0 Å². The van der Waals surface area contributed by atoms with E-state index in [0.29, 0.717) is 0 Å². The SMILES string of the molecule is COC(=O)[C@@H]1CCC(c2cccnc2)=N1. The second-order valence-electron chi connectivity index (χ2n) is 3.40. The monoisotopic (exact) mass is 204 g/mol. The number of pyridine rings is 1. The predicted octanol–water partition coefficient (Wildman–Crippen LogP) is 1.21. The Bertz CT molecular complexity index is 387. The minimum Gasteiger partial charge on any atom is -0.467 e. The molecule has 0 N–H and O–H groups in total. The van der Waals surface area contributed by atoms with Gasteiger partial charge in [0.2, 0.25) is 0 Å². The fourth-order valence-electron chi connectivity index (χ4n) is 1.65.